The van der Waals surface area contributed by atoms with Crippen LogP contribution in [0.15, 0.2) is 86.0 Å². The second-order valence-electron chi connectivity index (χ2n) is 7.14. The van der Waals surface area contributed by atoms with Crippen LogP contribution in [0.4, 0.5) is 9.59 Å². The lowest BCUT2D eigenvalue weighted by Crippen LogP contribution is -2.48. The molecule has 2 rings (SSSR count). The molecule has 0 aliphatic carbocycles. The Morgan fingerprint density at radius 1 is 0.968 bits per heavy atom. The van der Waals surface area contributed by atoms with E-state index in [4.69, 9.17) is 9.47 Å². The molecule has 1 N–H and O–H groups in total. The van der Waals surface area contributed by atoms with Gasteiger partial charge in [0.1, 0.15) is 13.2 Å². The Hall–Kier alpha value is -3.54. The summed E-state index contributed by atoms with van der Waals surface area (Å²) in [5, 5.41) is 2.84. The first-order chi connectivity index (χ1) is 15.0. The fraction of sp³-hybridized carbons (Fsp3) is 0.280. The zero-order chi connectivity index (χ0) is 22.5. The number of hydrogen-bond acceptors (Lipinski definition) is 4. The molecular formula is C25H30N2O4. The van der Waals surface area contributed by atoms with Gasteiger partial charge in [-0.25, -0.2) is 9.59 Å². The Balaban J connectivity index is 1.96. The minimum Gasteiger partial charge on any atom is -0.445 e. The maximum absolute atomic E-state index is 12.6. The fourth-order valence-electron chi connectivity index (χ4n) is 2.85. The Kier molecular flexibility index (Phi) is 9.88. The topological polar surface area (TPSA) is 67.9 Å². The van der Waals surface area contributed by atoms with Gasteiger partial charge in [-0.2, -0.15) is 0 Å². The SMILES string of the molecule is C=CCN(CC(NC(=O)OCc1ccccc1)[C@@H](C)C=C)C(=O)OCc1ccccc1. The van der Waals surface area contributed by atoms with Gasteiger partial charge in [0, 0.05) is 13.1 Å². The monoisotopic (exact) mass is 422 g/mol. The third-order valence-corrected chi connectivity index (χ3v) is 4.75. The number of nitrogens with one attached hydrogen (secondary N) is 1. The number of benzene rings is 2. The molecule has 1 unspecified atom stereocenters. The van der Waals surface area contributed by atoms with E-state index in [1.807, 2.05) is 67.6 Å². The third-order valence-electron chi connectivity index (χ3n) is 4.75. The molecule has 0 bridgehead atoms. The summed E-state index contributed by atoms with van der Waals surface area (Å²) in [6.07, 6.45) is 2.31. The zero-order valence-corrected chi connectivity index (χ0v) is 17.9. The minimum absolute atomic E-state index is 0.0986. The van der Waals surface area contributed by atoms with E-state index in [0.717, 1.165) is 11.1 Å². The lowest BCUT2D eigenvalue weighted by atomic mass is 10.0. The average molecular weight is 423 g/mol. The van der Waals surface area contributed by atoms with E-state index in [1.54, 1.807) is 12.2 Å². The van der Waals surface area contributed by atoms with Gasteiger partial charge in [0.05, 0.1) is 6.04 Å². The van der Waals surface area contributed by atoms with Gasteiger partial charge in [-0.05, 0) is 17.0 Å². The summed E-state index contributed by atoms with van der Waals surface area (Å²) < 4.78 is 10.8. The van der Waals surface area contributed by atoms with Gasteiger partial charge >= 0.3 is 12.2 Å². The highest BCUT2D eigenvalue weighted by Gasteiger charge is 2.24. The average Bonchev–Trinajstić information content (AvgIpc) is 2.81. The summed E-state index contributed by atoms with van der Waals surface area (Å²) >= 11 is 0. The van der Waals surface area contributed by atoms with Crippen molar-refractivity contribution < 1.29 is 19.1 Å². The summed E-state index contributed by atoms with van der Waals surface area (Å²) in [7, 11) is 0. The number of carbonyl (C=O) groups excluding carboxylic acids is 2. The number of carbonyl (C=O) groups is 2. The van der Waals surface area contributed by atoms with Gasteiger partial charge in [0.2, 0.25) is 0 Å². The van der Waals surface area contributed by atoms with Crippen LogP contribution in [0.5, 0.6) is 0 Å². The number of ether oxygens (including phenoxy) is 2. The summed E-state index contributed by atoms with van der Waals surface area (Å²) in [5.41, 5.74) is 1.79. The highest BCUT2D eigenvalue weighted by atomic mass is 16.6. The minimum atomic E-state index is -0.557. The van der Waals surface area contributed by atoms with Crippen LogP contribution >= 0.6 is 0 Å². The first kappa shape index (κ1) is 23.7. The molecule has 2 amide bonds. The van der Waals surface area contributed by atoms with Crippen LogP contribution in [0.25, 0.3) is 0 Å². The van der Waals surface area contributed by atoms with Crippen LogP contribution in [0.2, 0.25) is 0 Å². The predicted molar refractivity (Wildman–Crippen MR) is 121 cm³/mol. The molecule has 0 saturated carbocycles. The van der Waals surface area contributed by atoms with Gasteiger partial charge < -0.3 is 19.7 Å². The first-order valence-electron chi connectivity index (χ1n) is 10.2. The molecular weight excluding hydrogens is 392 g/mol. The summed E-state index contributed by atoms with van der Waals surface area (Å²) in [4.78, 5) is 26.5. The predicted octanol–water partition coefficient (Wildman–Crippen LogP) is 4.93. The van der Waals surface area contributed by atoms with Crippen molar-refractivity contribution in [2.75, 3.05) is 13.1 Å². The molecule has 31 heavy (non-hydrogen) atoms. The Labute approximate surface area is 184 Å². The van der Waals surface area contributed by atoms with Gasteiger partial charge in [-0.1, -0.05) is 79.7 Å². The zero-order valence-electron chi connectivity index (χ0n) is 17.9. The fourth-order valence-corrected chi connectivity index (χ4v) is 2.85. The van der Waals surface area contributed by atoms with Crippen molar-refractivity contribution in [2.24, 2.45) is 5.92 Å². The van der Waals surface area contributed by atoms with E-state index in [-0.39, 0.29) is 32.2 Å². The molecule has 0 radical (unpaired) electrons. The van der Waals surface area contributed by atoms with Crippen LogP contribution < -0.4 is 5.32 Å². The number of amides is 2. The smallest absolute Gasteiger partial charge is 0.410 e. The van der Waals surface area contributed by atoms with Crippen LogP contribution in [0.1, 0.15) is 18.1 Å². The summed E-state index contributed by atoms with van der Waals surface area (Å²) in [5.74, 6) is -0.0986. The van der Waals surface area contributed by atoms with Crippen molar-refractivity contribution in [1.29, 1.82) is 0 Å². The molecule has 2 atom stereocenters. The molecule has 0 saturated heterocycles. The summed E-state index contributed by atoms with van der Waals surface area (Å²) in [6.45, 7) is 10.3. The van der Waals surface area contributed by atoms with Gasteiger partial charge in [0.15, 0.2) is 0 Å². The normalized spacial score (nSPS) is 12.2. The molecule has 0 aliphatic rings. The molecule has 0 aromatic heterocycles. The van der Waals surface area contributed by atoms with E-state index < -0.39 is 18.2 Å². The Bertz CT molecular complexity index is 839. The standard InChI is InChI=1S/C25H30N2O4/c1-4-16-27(25(29)31-19-22-14-10-7-11-15-22)17-23(20(3)5-2)26-24(28)30-18-21-12-8-6-9-13-21/h4-15,20,23H,1-2,16-19H2,3H3,(H,26,28)/t20-,23?/m0/s1. The van der Waals surface area contributed by atoms with Crippen molar-refractivity contribution in [3.8, 4) is 0 Å². The maximum Gasteiger partial charge on any atom is 0.410 e. The number of rotatable bonds is 11. The van der Waals surface area contributed by atoms with Crippen LogP contribution in [-0.2, 0) is 22.7 Å². The lowest BCUT2D eigenvalue weighted by Gasteiger charge is -2.29. The van der Waals surface area contributed by atoms with E-state index >= 15 is 0 Å². The molecule has 0 heterocycles. The first-order valence-corrected chi connectivity index (χ1v) is 10.2. The van der Waals surface area contributed by atoms with E-state index in [0.29, 0.717) is 0 Å². The molecule has 164 valence electrons. The second-order valence-corrected chi connectivity index (χ2v) is 7.14. The lowest BCUT2D eigenvalue weighted by molar-refractivity contribution is 0.0918. The molecule has 0 fully saturated rings. The quantitative estimate of drug-likeness (QED) is 0.522. The maximum atomic E-state index is 12.6. The summed E-state index contributed by atoms with van der Waals surface area (Å²) in [6, 6.07) is 18.5. The van der Waals surface area contributed by atoms with E-state index in [1.165, 1.54) is 4.90 Å². The molecule has 2 aromatic carbocycles. The highest BCUT2D eigenvalue weighted by molar-refractivity contribution is 5.69. The van der Waals surface area contributed by atoms with Crippen molar-refractivity contribution >= 4 is 12.2 Å². The molecule has 2 aromatic rings. The van der Waals surface area contributed by atoms with E-state index in [9.17, 15) is 9.59 Å². The number of alkyl carbamates (subject to hydrolysis) is 1. The van der Waals surface area contributed by atoms with Crippen molar-refractivity contribution in [3.05, 3.63) is 97.1 Å². The number of nitrogens with zero attached hydrogens (tertiary/aromatic N) is 1. The molecule has 6 nitrogen and oxygen atoms in total. The van der Waals surface area contributed by atoms with Crippen molar-refractivity contribution in [3.63, 3.8) is 0 Å². The Morgan fingerprint density at radius 2 is 1.52 bits per heavy atom. The van der Waals surface area contributed by atoms with Crippen molar-refractivity contribution in [2.45, 2.75) is 26.2 Å². The third kappa shape index (κ3) is 8.38. The largest absolute Gasteiger partial charge is 0.445 e. The Morgan fingerprint density at radius 3 is 2.03 bits per heavy atom. The van der Waals surface area contributed by atoms with Gasteiger partial charge in [-0.3, -0.25) is 0 Å². The van der Waals surface area contributed by atoms with Gasteiger partial charge in [0.25, 0.3) is 0 Å². The van der Waals surface area contributed by atoms with Gasteiger partial charge in [-0.15, -0.1) is 13.2 Å². The molecule has 6 heteroatoms. The van der Waals surface area contributed by atoms with E-state index in [2.05, 4.69) is 18.5 Å². The number of hydrogen-bond donors (Lipinski definition) is 1. The highest BCUT2D eigenvalue weighted by Crippen LogP contribution is 2.10. The van der Waals surface area contributed by atoms with Crippen molar-refractivity contribution in [1.82, 2.24) is 10.2 Å². The molecule has 0 aliphatic heterocycles. The second kappa shape index (κ2) is 12.9. The molecule has 0 spiro atoms. The van der Waals surface area contributed by atoms with Crippen LogP contribution in [0, 0.1) is 5.92 Å². The van der Waals surface area contributed by atoms with Crippen LogP contribution in [0.3, 0.4) is 0 Å². The van der Waals surface area contributed by atoms with Crippen LogP contribution in [-0.4, -0.2) is 36.2 Å².